The number of anilines is 1. The van der Waals surface area contributed by atoms with E-state index in [0.29, 0.717) is 25.4 Å². The van der Waals surface area contributed by atoms with Crippen LogP contribution >= 0.6 is 11.6 Å². The summed E-state index contributed by atoms with van der Waals surface area (Å²) < 4.78 is 6.51. The molecule has 0 aliphatic heterocycles. The molecule has 0 bridgehead atoms. The predicted molar refractivity (Wildman–Crippen MR) is 93.0 cm³/mol. The van der Waals surface area contributed by atoms with Crippen molar-refractivity contribution < 1.29 is 14.6 Å². The van der Waals surface area contributed by atoms with Crippen LogP contribution in [-0.4, -0.2) is 59.6 Å². The van der Waals surface area contributed by atoms with Crippen molar-refractivity contribution in [3.63, 3.8) is 0 Å². The van der Waals surface area contributed by atoms with Gasteiger partial charge in [0.15, 0.2) is 5.69 Å². The van der Waals surface area contributed by atoms with Gasteiger partial charge in [-0.05, 0) is 30.3 Å². The number of rotatable bonds is 9. The molecule has 7 nitrogen and oxygen atoms in total. The molecule has 0 aliphatic rings. The fourth-order valence-electron chi connectivity index (χ4n) is 1.97. The predicted octanol–water partition coefficient (Wildman–Crippen LogP) is 1.26. The zero-order chi connectivity index (χ0) is 17.4. The summed E-state index contributed by atoms with van der Waals surface area (Å²) in [6.45, 7) is 1.28. The van der Waals surface area contributed by atoms with E-state index in [-0.39, 0.29) is 11.8 Å². The van der Waals surface area contributed by atoms with Gasteiger partial charge in [0.1, 0.15) is 0 Å². The third-order valence-corrected chi connectivity index (χ3v) is 3.62. The average Bonchev–Trinajstić information content (AvgIpc) is 3.10. The number of carbonyl (C=O) groups excluding carboxylic acids is 1. The van der Waals surface area contributed by atoms with Crippen LogP contribution in [0.1, 0.15) is 10.5 Å². The highest BCUT2D eigenvalue weighted by molar-refractivity contribution is 6.18. The molecule has 130 valence electrons. The van der Waals surface area contributed by atoms with Gasteiger partial charge in [-0.15, -0.1) is 11.6 Å². The summed E-state index contributed by atoms with van der Waals surface area (Å²) in [7, 11) is 1.58. The molecule has 8 heteroatoms. The summed E-state index contributed by atoms with van der Waals surface area (Å²) in [6, 6.07) is 9.14. The smallest absolute Gasteiger partial charge is 0.271 e. The zero-order valence-corrected chi connectivity index (χ0v) is 14.2. The van der Waals surface area contributed by atoms with Crippen molar-refractivity contribution in [1.29, 1.82) is 0 Å². The summed E-state index contributed by atoms with van der Waals surface area (Å²) >= 11 is 5.55. The van der Waals surface area contributed by atoms with Gasteiger partial charge in [0.25, 0.3) is 5.91 Å². The highest BCUT2D eigenvalue weighted by Crippen LogP contribution is 2.13. The molecule has 24 heavy (non-hydrogen) atoms. The maximum Gasteiger partial charge on any atom is 0.271 e. The standard InChI is InChI=1S/C16H21ClN4O3/c1-24-9-7-18-16(23)15-6-8-21(20-15)13-4-2-12(3-5-13)19-11-14(22)10-17/h2-6,8,14,19,22H,7,9-11H2,1H3,(H,18,23). The van der Waals surface area contributed by atoms with Crippen molar-refractivity contribution in [1.82, 2.24) is 15.1 Å². The molecule has 2 aromatic rings. The molecule has 0 aliphatic carbocycles. The molecule has 1 heterocycles. The van der Waals surface area contributed by atoms with E-state index in [1.54, 1.807) is 24.1 Å². The largest absolute Gasteiger partial charge is 0.390 e. The van der Waals surface area contributed by atoms with E-state index in [1.807, 2.05) is 24.3 Å². The van der Waals surface area contributed by atoms with Gasteiger partial charge in [-0.3, -0.25) is 4.79 Å². The van der Waals surface area contributed by atoms with Gasteiger partial charge in [-0.1, -0.05) is 0 Å². The Balaban J connectivity index is 1.95. The van der Waals surface area contributed by atoms with Crippen molar-refractivity contribution in [2.45, 2.75) is 6.10 Å². The van der Waals surface area contributed by atoms with Gasteiger partial charge in [0.2, 0.25) is 0 Å². The van der Waals surface area contributed by atoms with Crippen molar-refractivity contribution in [3.05, 3.63) is 42.2 Å². The van der Waals surface area contributed by atoms with E-state index >= 15 is 0 Å². The van der Waals surface area contributed by atoms with E-state index in [9.17, 15) is 9.90 Å². The van der Waals surface area contributed by atoms with Gasteiger partial charge in [0, 0.05) is 32.1 Å². The molecule has 0 saturated carbocycles. The third kappa shape index (κ3) is 5.23. The summed E-state index contributed by atoms with van der Waals surface area (Å²) in [4.78, 5) is 11.9. The number of carbonyl (C=O) groups is 1. The molecule has 1 aromatic carbocycles. The Bertz CT molecular complexity index is 645. The number of nitrogens with zero attached hydrogens (tertiary/aromatic N) is 2. The number of methoxy groups -OCH3 is 1. The Morgan fingerprint density at radius 2 is 2.12 bits per heavy atom. The van der Waals surface area contributed by atoms with Crippen molar-refractivity contribution in [2.75, 3.05) is 38.0 Å². The Kier molecular flexibility index (Phi) is 7.05. The molecule has 1 amide bonds. The van der Waals surface area contributed by atoms with E-state index in [2.05, 4.69) is 15.7 Å². The average molecular weight is 353 g/mol. The lowest BCUT2D eigenvalue weighted by Gasteiger charge is -2.10. The van der Waals surface area contributed by atoms with Gasteiger partial charge in [0.05, 0.1) is 24.3 Å². The van der Waals surface area contributed by atoms with Gasteiger partial charge in [-0.2, -0.15) is 5.10 Å². The second-order valence-corrected chi connectivity index (χ2v) is 5.44. The van der Waals surface area contributed by atoms with Crippen LogP contribution in [0.15, 0.2) is 36.5 Å². The summed E-state index contributed by atoms with van der Waals surface area (Å²) in [5.74, 6) is -0.0488. The lowest BCUT2D eigenvalue weighted by atomic mass is 10.2. The second kappa shape index (κ2) is 9.27. The number of aliphatic hydroxyl groups is 1. The Labute approximate surface area is 145 Å². The summed E-state index contributed by atoms with van der Waals surface area (Å²) in [6.07, 6.45) is 1.14. The summed E-state index contributed by atoms with van der Waals surface area (Å²) in [5.41, 5.74) is 2.04. The lowest BCUT2D eigenvalue weighted by Crippen LogP contribution is -2.27. The van der Waals surface area contributed by atoms with Crippen LogP contribution in [-0.2, 0) is 4.74 Å². The van der Waals surface area contributed by atoms with E-state index in [1.165, 1.54) is 0 Å². The number of benzene rings is 1. The second-order valence-electron chi connectivity index (χ2n) is 5.13. The third-order valence-electron chi connectivity index (χ3n) is 3.27. The van der Waals surface area contributed by atoms with Crippen LogP contribution in [0.4, 0.5) is 5.69 Å². The van der Waals surface area contributed by atoms with Gasteiger partial charge < -0.3 is 20.5 Å². The minimum Gasteiger partial charge on any atom is -0.390 e. The number of hydrogen-bond acceptors (Lipinski definition) is 5. The molecule has 1 unspecified atom stereocenters. The number of amides is 1. The van der Waals surface area contributed by atoms with Crippen molar-refractivity contribution in [3.8, 4) is 5.69 Å². The van der Waals surface area contributed by atoms with Crippen LogP contribution < -0.4 is 10.6 Å². The highest BCUT2D eigenvalue weighted by Gasteiger charge is 2.09. The molecule has 0 radical (unpaired) electrons. The number of ether oxygens (including phenoxy) is 1. The number of nitrogens with one attached hydrogen (secondary N) is 2. The first kappa shape index (κ1) is 18.3. The fraction of sp³-hybridized carbons (Fsp3) is 0.375. The normalized spacial score (nSPS) is 12.0. The Morgan fingerprint density at radius 1 is 1.38 bits per heavy atom. The lowest BCUT2D eigenvalue weighted by molar-refractivity contribution is 0.0931. The van der Waals surface area contributed by atoms with Gasteiger partial charge in [-0.25, -0.2) is 4.68 Å². The zero-order valence-electron chi connectivity index (χ0n) is 13.4. The first-order chi connectivity index (χ1) is 11.6. The van der Waals surface area contributed by atoms with E-state index < -0.39 is 6.10 Å². The molecular weight excluding hydrogens is 332 g/mol. The number of aliphatic hydroxyl groups excluding tert-OH is 1. The summed E-state index contributed by atoms with van der Waals surface area (Å²) in [5, 5.41) is 19.5. The van der Waals surface area contributed by atoms with Crippen LogP contribution in [0, 0.1) is 0 Å². The van der Waals surface area contributed by atoms with Crippen LogP contribution in [0.5, 0.6) is 0 Å². The van der Waals surface area contributed by atoms with E-state index in [0.717, 1.165) is 11.4 Å². The minimum absolute atomic E-state index is 0.188. The molecule has 0 fully saturated rings. The van der Waals surface area contributed by atoms with Crippen LogP contribution in [0.25, 0.3) is 5.69 Å². The molecule has 0 spiro atoms. The first-order valence-electron chi connectivity index (χ1n) is 7.55. The number of halogens is 1. The minimum atomic E-state index is -0.586. The van der Waals surface area contributed by atoms with Gasteiger partial charge >= 0.3 is 0 Å². The van der Waals surface area contributed by atoms with Crippen molar-refractivity contribution in [2.24, 2.45) is 0 Å². The van der Waals surface area contributed by atoms with Crippen LogP contribution in [0.3, 0.4) is 0 Å². The molecule has 2 rings (SSSR count). The molecule has 1 atom stereocenters. The Hall–Kier alpha value is -2.09. The van der Waals surface area contributed by atoms with Crippen molar-refractivity contribution >= 4 is 23.2 Å². The monoisotopic (exact) mass is 352 g/mol. The number of aromatic nitrogens is 2. The fourth-order valence-corrected chi connectivity index (χ4v) is 2.08. The van der Waals surface area contributed by atoms with Crippen LogP contribution in [0.2, 0.25) is 0 Å². The highest BCUT2D eigenvalue weighted by atomic mass is 35.5. The molecular formula is C16H21ClN4O3. The first-order valence-corrected chi connectivity index (χ1v) is 8.08. The molecule has 0 saturated heterocycles. The number of alkyl halides is 1. The maximum atomic E-state index is 11.9. The van der Waals surface area contributed by atoms with E-state index in [4.69, 9.17) is 16.3 Å². The molecule has 3 N–H and O–H groups in total. The quantitative estimate of drug-likeness (QED) is 0.467. The maximum absolute atomic E-state index is 11.9. The molecule has 1 aromatic heterocycles. The SMILES string of the molecule is COCCNC(=O)c1ccn(-c2ccc(NCC(O)CCl)cc2)n1. The topological polar surface area (TPSA) is 88.4 Å². The Morgan fingerprint density at radius 3 is 2.79 bits per heavy atom. The number of hydrogen-bond donors (Lipinski definition) is 3.